The summed E-state index contributed by atoms with van der Waals surface area (Å²) in [5, 5.41) is 6.64. The van der Waals surface area contributed by atoms with E-state index in [1.165, 1.54) is 0 Å². The minimum absolute atomic E-state index is 0.102. The first-order valence-electron chi connectivity index (χ1n) is 7.99. The highest BCUT2D eigenvalue weighted by atomic mass is 35.5. The Morgan fingerprint density at radius 2 is 2.08 bits per heavy atom. The molecule has 0 aliphatic carbocycles. The zero-order valence-electron chi connectivity index (χ0n) is 13.9. The number of hydrogen-bond donors (Lipinski definition) is 2. The van der Waals surface area contributed by atoms with E-state index < -0.39 is 0 Å². The van der Waals surface area contributed by atoms with Crippen LogP contribution >= 0.6 is 11.6 Å². The molecule has 1 amide bonds. The predicted octanol–water partition coefficient (Wildman–Crippen LogP) is 4.41. The molecule has 6 heteroatoms. The van der Waals surface area contributed by atoms with Crippen molar-refractivity contribution in [2.24, 2.45) is 0 Å². The SMILES string of the molecule is CCCCCNC(=O)c1ccnc(Nc2cc(Cl)ccc2OC)c1. The van der Waals surface area contributed by atoms with Crippen LogP contribution in [0.5, 0.6) is 5.75 Å². The fourth-order valence-electron chi connectivity index (χ4n) is 2.23. The second-order valence-corrected chi connectivity index (χ2v) is 5.80. The monoisotopic (exact) mass is 347 g/mol. The van der Waals surface area contributed by atoms with Crippen LogP contribution in [0.1, 0.15) is 36.5 Å². The minimum atomic E-state index is -0.102. The van der Waals surface area contributed by atoms with Crippen LogP contribution in [0.4, 0.5) is 11.5 Å². The molecule has 2 N–H and O–H groups in total. The third-order valence-corrected chi connectivity index (χ3v) is 3.75. The van der Waals surface area contributed by atoms with Crippen molar-refractivity contribution in [3.63, 3.8) is 0 Å². The number of hydrogen-bond acceptors (Lipinski definition) is 4. The van der Waals surface area contributed by atoms with Crippen LogP contribution in [0.25, 0.3) is 0 Å². The molecule has 0 aliphatic rings. The molecule has 0 saturated carbocycles. The van der Waals surface area contributed by atoms with E-state index in [4.69, 9.17) is 16.3 Å². The number of rotatable bonds is 8. The number of carbonyl (C=O) groups is 1. The maximum atomic E-state index is 12.2. The van der Waals surface area contributed by atoms with Crippen molar-refractivity contribution in [2.75, 3.05) is 19.0 Å². The summed E-state index contributed by atoms with van der Waals surface area (Å²) in [7, 11) is 1.59. The van der Waals surface area contributed by atoms with Crippen LogP contribution in [-0.4, -0.2) is 24.5 Å². The molecular formula is C18H22ClN3O2. The average molecular weight is 348 g/mol. The first kappa shape index (κ1) is 18.1. The molecule has 0 radical (unpaired) electrons. The quantitative estimate of drug-likeness (QED) is 0.694. The molecule has 24 heavy (non-hydrogen) atoms. The lowest BCUT2D eigenvalue weighted by molar-refractivity contribution is 0.0953. The topological polar surface area (TPSA) is 63.2 Å². The Labute approximate surface area is 147 Å². The van der Waals surface area contributed by atoms with Crippen LogP contribution in [0, 0.1) is 0 Å². The van der Waals surface area contributed by atoms with Gasteiger partial charge < -0.3 is 15.4 Å². The van der Waals surface area contributed by atoms with Crippen molar-refractivity contribution >= 4 is 29.0 Å². The van der Waals surface area contributed by atoms with E-state index in [9.17, 15) is 4.79 Å². The van der Waals surface area contributed by atoms with Gasteiger partial charge in [-0.1, -0.05) is 31.4 Å². The van der Waals surface area contributed by atoms with Gasteiger partial charge in [-0.2, -0.15) is 0 Å². The molecule has 0 saturated heterocycles. The number of unbranched alkanes of at least 4 members (excludes halogenated alkanes) is 2. The number of halogens is 1. The molecule has 0 fully saturated rings. The number of ether oxygens (including phenoxy) is 1. The Bertz CT molecular complexity index is 692. The van der Waals surface area contributed by atoms with E-state index >= 15 is 0 Å². The lowest BCUT2D eigenvalue weighted by Crippen LogP contribution is -2.24. The third-order valence-electron chi connectivity index (χ3n) is 3.51. The largest absolute Gasteiger partial charge is 0.495 e. The normalized spacial score (nSPS) is 10.3. The molecule has 0 atom stereocenters. The highest BCUT2D eigenvalue weighted by Gasteiger charge is 2.09. The second-order valence-electron chi connectivity index (χ2n) is 5.36. The molecule has 2 aromatic rings. The molecule has 0 aliphatic heterocycles. The van der Waals surface area contributed by atoms with Gasteiger partial charge >= 0.3 is 0 Å². The average Bonchev–Trinajstić information content (AvgIpc) is 2.59. The number of amides is 1. The highest BCUT2D eigenvalue weighted by Crippen LogP contribution is 2.30. The van der Waals surface area contributed by atoms with Gasteiger partial charge in [-0.25, -0.2) is 4.98 Å². The van der Waals surface area contributed by atoms with Crippen LogP contribution in [0.2, 0.25) is 5.02 Å². The minimum Gasteiger partial charge on any atom is -0.495 e. The molecule has 128 valence electrons. The van der Waals surface area contributed by atoms with Crippen LogP contribution in [-0.2, 0) is 0 Å². The fraction of sp³-hybridized carbons (Fsp3) is 0.333. The lowest BCUT2D eigenvalue weighted by atomic mass is 10.2. The van der Waals surface area contributed by atoms with Crippen molar-refractivity contribution in [1.29, 1.82) is 0 Å². The van der Waals surface area contributed by atoms with Crippen LogP contribution < -0.4 is 15.4 Å². The van der Waals surface area contributed by atoms with Gasteiger partial charge in [0.2, 0.25) is 0 Å². The van der Waals surface area contributed by atoms with Crippen molar-refractivity contribution in [3.8, 4) is 5.75 Å². The summed E-state index contributed by atoms with van der Waals surface area (Å²) >= 11 is 6.02. The van der Waals surface area contributed by atoms with Gasteiger partial charge in [-0.3, -0.25) is 4.79 Å². The van der Waals surface area contributed by atoms with E-state index in [2.05, 4.69) is 22.5 Å². The first-order chi connectivity index (χ1) is 11.6. The fourth-order valence-corrected chi connectivity index (χ4v) is 2.41. The Morgan fingerprint density at radius 3 is 2.83 bits per heavy atom. The summed E-state index contributed by atoms with van der Waals surface area (Å²) in [4.78, 5) is 16.4. The van der Waals surface area contributed by atoms with Gasteiger partial charge in [0.05, 0.1) is 12.8 Å². The summed E-state index contributed by atoms with van der Waals surface area (Å²) < 4.78 is 5.30. The molecule has 1 aromatic carbocycles. The summed E-state index contributed by atoms with van der Waals surface area (Å²) in [5.41, 5.74) is 1.25. The Hall–Kier alpha value is -2.27. The van der Waals surface area contributed by atoms with E-state index in [0.29, 0.717) is 34.4 Å². The Morgan fingerprint density at radius 1 is 1.25 bits per heavy atom. The maximum Gasteiger partial charge on any atom is 0.251 e. The highest BCUT2D eigenvalue weighted by molar-refractivity contribution is 6.31. The van der Waals surface area contributed by atoms with Crippen molar-refractivity contribution in [3.05, 3.63) is 47.1 Å². The number of anilines is 2. The smallest absolute Gasteiger partial charge is 0.251 e. The summed E-state index contributed by atoms with van der Waals surface area (Å²) in [6.45, 7) is 2.81. The number of benzene rings is 1. The van der Waals surface area contributed by atoms with Gasteiger partial charge in [-0.15, -0.1) is 0 Å². The van der Waals surface area contributed by atoms with Crippen molar-refractivity contribution < 1.29 is 9.53 Å². The molecule has 0 spiro atoms. The summed E-state index contributed by atoms with van der Waals surface area (Å²) in [5.74, 6) is 1.10. The molecule has 2 rings (SSSR count). The molecule has 0 bridgehead atoms. The molecule has 5 nitrogen and oxygen atoms in total. The number of methoxy groups -OCH3 is 1. The van der Waals surface area contributed by atoms with Gasteiger partial charge in [0, 0.05) is 23.3 Å². The molecule has 1 heterocycles. The lowest BCUT2D eigenvalue weighted by Gasteiger charge is -2.12. The van der Waals surface area contributed by atoms with Gasteiger partial charge in [0.25, 0.3) is 5.91 Å². The van der Waals surface area contributed by atoms with Crippen LogP contribution in [0.3, 0.4) is 0 Å². The maximum absolute atomic E-state index is 12.2. The van der Waals surface area contributed by atoms with Gasteiger partial charge in [-0.05, 0) is 36.8 Å². The third kappa shape index (κ3) is 5.13. The van der Waals surface area contributed by atoms with E-state index in [1.807, 2.05) is 0 Å². The van der Waals surface area contributed by atoms with Gasteiger partial charge in [0.15, 0.2) is 0 Å². The predicted molar refractivity (Wildman–Crippen MR) is 97.4 cm³/mol. The zero-order valence-corrected chi connectivity index (χ0v) is 14.7. The molecule has 0 unspecified atom stereocenters. The number of pyridine rings is 1. The zero-order chi connectivity index (χ0) is 17.4. The number of carbonyl (C=O) groups excluding carboxylic acids is 1. The number of aromatic nitrogens is 1. The summed E-state index contributed by atoms with van der Waals surface area (Å²) in [6.07, 6.45) is 4.82. The summed E-state index contributed by atoms with van der Waals surface area (Å²) in [6, 6.07) is 8.67. The van der Waals surface area contributed by atoms with Crippen molar-refractivity contribution in [1.82, 2.24) is 10.3 Å². The van der Waals surface area contributed by atoms with Crippen molar-refractivity contribution in [2.45, 2.75) is 26.2 Å². The van der Waals surface area contributed by atoms with E-state index in [-0.39, 0.29) is 5.91 Å². The van der Waals surface area contributed by atoms with Gasteiger partial charge in [0.1, 0.15) is 11.6 Å². The van der Waals surface area contributed by atoms with E-state index in [1.54, 1.807) is 43.6 Å². The van der Waals surface area contributed by atoms with E-state index in [0.717, 1.165) is 19.3 Å². The molecule has 1 aromatic heterocycles. The number of nitrogens with zero attached hydrogens (tertiary/aromatic N) is 1. The second kappa shape index (κ2) is 9.13. The first-order valence-corrected chi connectivity index (χ1v) is 8.36. The Balaban J connectivity index is 2.07. The molecular weight excluding hydrogens is 326 g/mol. The standard InChI is InChI=1S/C18H22ClN3O2/c1-3-4-5-9-21-18(23)13-8-10-20-17(11-13)22-15-12-14(19)6-7-16(15)24-2/h6-8,10-12H,3-5,9H2,1-2H3,(H,20,22)(H,21,23). The Kier molecular flexibility index (Phi) is 6.88. The number of nitrogens with one attached hydrogen (secondary N) is 2. The van der Waals surface area contributed by atoms with Crippen LogP contribution in [0.15, 0.2) is 36.5 Å².